The Labute approximate surface area is 99.1 Å². The molecule has 0 bridgehead atoms. The Bertz CT molecular complexity index is 437. The van der Waals surface area contributed by atoms with Crippen LogP contribution in [0.2, 0.25) is 0 Å². The van der Waals surface area contributed by atoms with E-state index in [1.165, 1.54) is 0 Å². The lowest BCUT2D eigenvalue weighted by Gasteiger charge is -2.12. The molecule has 2 rings (SSSR count). The van der Waals surface area contributed by atoms with Crippen molar-refractivity contribution in [2.45, 2.75) is 12.5 Å². The summed E-state index contributed by atoms with van der Waals surface area (Å²) >= 11 is 1.60. The summed E-state index contributed by atoms with van der Waals surface area (Å²) in [6.45, 7) is 0. The zero-order valence-electron chi connectivity index (χ0n) is 9.09. The molecule has 0 aliphatic carbocycles. The highest BCUT2D eigenvalue weighted by atomic mass is 32.1. The van der Waals surface area contributed by atoms with E-state index >= 15 is 0 Å². The van der Waals surface area contributed by atoms with Crippen LogP contribution in [0.25, 0.3) is 0 Å². The van der Waals surface area contributed by atoms with Gasteiger partial charge in [0.05, 0.1) is 13.2 Å². The van der Waals surface area contributed by atoms with Gasteiger partial charge in [0, 0.05) is 6.42 Å². The Morgan fingerprint density at radius 2 is 2.12 bits per heavy atom. The molecule has 0 aliphatic rings. The van der Waals surface area contributed by atoms with Crippen molar-refractivity contribution in [1.82, 2.24) is 0 Å². The smallest absolute Gasteiger partial charge is 0.122 e. The lowest BCUT2D eigenvalue weighted by atomic mass is 10.0. The van der Waals surface area contributed by atoms with E-state index < -0.39 is 6.10 Å². The van der Waals surface area contributed by atoms with Gasteiger partial charge in [-0.1, -0.05) is 18.2 Å². The van der Waals surface area contributed by atoms with E-state index in [1.54, 1.807) is 18.4 Å². The Morgan fingerprint density at radius 1 is 1.31 bits per heavy atom. The highest BCUT2D eigenvalue weighted by molar-refractivity contribution is 7.07. The van der Waals surface area contributed by atoms with E-state index in [0.29, 0.717) is 6.42 Å². The van der Waals surface area contributed by atoms with E-state index in [9.17, 15) is 5.11 Å². The molecule has 2 nitrogen and oxygen atoms in total. The van der Waals surface area contributed by atoms with Crippen LogP contribution in [0.1, 0.15) is 17.2 Å². The van der Waals surface area contributed by atoms with Gasteiger partial charge in [0.2, 0.25) is 0 Å². The number of para-hydroxylation sites is 1. The molecule has 84 valence electrons. The molecule has 0 amide bonds. The molecule has 0 saturated carbocycles. The van der Waals surface area contributed by atoms with E-state index in [-0.39, 0.29) is 0 Å². The molecule has 1 atom stereocenters. The van der Waals surface area contributed by atoms with E-state index in [1.807, 2.05) is 41.1 Å². The predicted molar refractivity (Wildman–Crippen MR) is 66.0 cm³/mol. The minimum absolute atomic E-state index is 0.456. The summed E-state index contributed by atoms with van der Waals surface area (Å²) in [4.78, 5) is 0. The summed E-state index contributed by atoms with van der Waals surface area (Å²) in [5, 5.41) is 14.0. The summed E-state index contributed by atoms with van der Waals surface area (Å²) < 4.78 is 5.26. The Balaban J connectivity index is 2.14. The molecule has 0 spiro atoms. The van der Waals surface area contributed by atoms with Crippen molar-refractivity contribution >= 4 is 11.3 Å². The van der Waals surface area contributed by atoms with Gasteiger partial charge in [-0.25, -0.2) is 0 Å². The van der Waals surface area contributed by atoms with Crippen LogP contribution < -0.4 is 4.74 Å². The molecule has 1 heterocycles. The minimum Gasteiger partial charge on any atom is -0.496 e. The second-order valence-electron chi connectivity index (χ2n) is 3.59. The number of benzene rings is 1. The summed E-state index contributed by atoms with van der Waals surface area (Å²) in [6, 6.07) is 9.73. The first-order chi connectivity index (χ1) is 7.81. The largest absolute Gasteiger partial charge is 0.496 e. The molecule has 2 aromatic rings. The zero-order valence-corrected chi connectivity index (χ0v) is 9.91. The number of aliphatic hydroxyl groups is 1. The number of rotatable bonds is 4. The number of ether oxygens (including phenoxy) is 1. The maximum atomic E-state index is 10.0. The number of thiophene rings is 1. The van der Waals surface area contributed by atoms with E-state index in [2.05, 4.69) is 0 Å². The predicted octanol–water partition coefficient (Wildman–Crippen LogP) is 3.03. The molecule has 0 saturated heterocycles. The molecule has 3 heteroatoms. The molecule has 0 fully saturated rings. The van der Waals surface area contributed by atoms with Gasteiger partial charge in [0.25, 0.3) is 0 Å². The SMILES string of the molecule is COc1ccccc1CC(O)c1ccsc1. The summed E-state index contributed by atoms with van der Waals surface area (Å²) in [6.07, 6.45) is 0.128. The monoisotopic (exact) mass is 234 g/mol. The van der Waals surface area contributed by atoms with Gasteiger partial charge in [-0.05, 0) is 34.0 Å². The molecule has 16 heavy (non-hydrogen) atoms. The van der Waals surface area contributed by atoms with Gasteiger partial charge in [0.1, 0.15) is 5.75 Å². The molecular weight excluding hydrogens is 220 g/mol. The van der Waals surface area contributed by atoms with Crippen LogP contribution in [-0.2, 0) is 6.42 Å². The molecule has 1 aromatic carbocycles. The quantitative estimate of drug-likeness (QED) is 0.881. The standard InChI is InChI=1S/C13H14O2S/c1-15-13-5-3-2-4-10(13)8-12(14)11-6-7-16-9-11/h2-7,9,12,14H,8H2,1H3. The van der Waals surface area contributed by atoms with Crippen molar-refractivity contribution in [2.75, 3.05) is 7.11 Å². The normalized spacial score (nSPS) is 12.4. The lowest BCUT2D eigenvalue weighted by molar-refractivity contribution is 0.177. The molecule has 1 unspecified atom stereocenters. The minimum atomic E-state index is -0.456. The number of aliphatic hydroxyl groups excluding tert-OH is 1. The van der Waals surface area contributed by atoms with Gasteiger partial charge in [0.15, 0.2) is 0 Å². The average Bonchev–Trinajstić information content (AvgIpc) is 2.83. The van der Waals surface area contributed by atoms with Crippen LogP contribution in [0.3, 0.4) is 0 Å². The fraction of sp³-hybridized carbons (Fsp3) is 0.231. The third kappa shape index (κ3) is 2.43. The van der Waals surface area contributed by atoms with Crippen molar-refractivity contribution in [3.63, 3.8) is 0 Å². The number of methoxy groups -OCH3 is 1. The van der Waals surface area contributed by atoms with Crippen LogP contribution in [0, 0.1) is 0 Å². The average molecular weight is 234 g/mol. The van der Waals surface area contributed by atoms with Crippen molar-refractivity contribution in [2.24, 2.45) is 0 Å². The zero-order chi connectivity index (χ0) is 11.4. The van der Waals surface area contributed by atoms with Gasteiger partial charge >= 0.3 is 0 Å². The van der Waals surface area contributed by atoms with E-state index in [4.69, 9.17) is 4.74 Å². The third-order valence-corrected chi connectivity index (χ3v) is 3.24. The number of hydrogen-bond acceptors (Lipinski definition) is 3. The van der Waals surface area contributed by atoms with E-state index in [0.717, 1.165) is 16.9 Å². The van der Waals surface area contributed by atoms with Crippen LogP contribution in [0.5, 0.6) is 5.75 Å². The maximum absolute atomic E-state index is 10.0. The highest BCUT2D eigenvalue weighted by Gasteiger charge is 2.11. The van der Waals surface area contributed by atoms with Gasteiger partial charge < -0.3 is 9.84 Å². The number of hydrogen-bond donors (Lipinski definition) is 1. The summed E-state index contributed by atoms with van der Waals surface area (Å²) in [7, 11) is 1.65. The van der Waals surface area contributed by atoms with Gasteiger partial charge in [-0.2, -0.15) is 11.3 Å². The summed E-state index contributed by atoms with van der Waals surface area (Å²) in [5.74, 6) is 0.830. The van der Waals surface area contributed by atoms with Crippen LogP contribution >= 0.6 is 11.3 Å². The Morgan fingerprint density at radius 3 is 2.81 bits per heavy atom. The van der Waals surface area contributed by atoms with Gasteiger partial charge in [-0.15, -0.1) is 0 Å². The topological polar surface area (TPSA) is 29.5 Å². The van der Waals surface area contributed by atoms with Crippen molar-refractivity contribution in [3.8, 4) is 5.75 Å². The molecule has 0 aliphatic heterocycles. The molecule has 1 N–H and O–H groups in total. The fourth-order valence-corrected chi connectivity index (χ4v) is 2.37. The Kier molecular flexibility index (Phi) is 3.59. The maximum Gasteiger partial charge on any atom is 0.122 e. The second kappa shape index (κ2) is 5.14. The van der Waals surface area contributed by atoms with Crippen molar-refractivity contribution in [3.05, 3.63) is 52.2 Å². The summed E-state index contributed by atoms with van der Waals surface area (Å²) in [5.41, 5.74) is 2.00. The first-order valence-corrected chi connectivity index (χ1v) is 6.07. The first kappa shape index (κ1) is 11.2. The fourth-order valence-electron chi connectivity index (χ4n) is 1.66. The van der Waals surface area contributed by atoms with Crippen LogP contribution in [0.4, 0.5) is 0 Å². The van der Waals surface area contributed by atoms with Crippen LogP contribution in [-0.4, -0.2) is 12.2 Å². The first-order valence-electron chi connectivity index (χ1n) is 5.13. The highest BCUT2D eigenvalue weighted by Crippen LogP contribution is 2.25. The molecule has 1 aromatic heterocycles. The van der Waals surface area contributed by atoms with Crippen molar-refractivity contribution in [1.29, 1.82) is 0 Å². The van der Waals surface area contributed by atoms with Crippen LogP contribution in [0.15, 0.2) is 41.1 Å². The molecular formula is C13H14O2S. The third-order valence-electron chi connectivity index (χ3n) is 2.53. The van der Waals surface area contributed by atoms with Crippen molar-refractivity contribution < 1.29 is 9.84 Å². The lowest BCUT2D eigenvalue weighted by Crippen LogP contribution is -2.02. The molecule has 0 radical (unpaired) electrons. The second-order valence-corrected chi connectivity index (χ2v) is 4.37. The Hall–Kier alpha value is -1.32. The van der Waals surface area contributed by atoms with Gasteiger partial charge in [-0.3, -0.25) is 0 Å².